The summed E-state index contributed by atoms with van der Waals surface area (Å²) in [6.07, 6.45) is -4.14. The lowest BCUT2D eigenvalue weighted by atomic mass is 10.1. The first-order valence-electron chi connectivity index (χ1n) is 7.85. The van der Waals surface area contributed by atoms with Crippen molar-refractivity contribution in [3.63, 3.8) is 0 Å². The second kappa shape index (κ2) is 8.42. The molecular formula is C17H16ClF3N2O4S2. The second-order valence-electron chi connectivity index (χ2n) is 6.14. The molecule has 0 saturated carbocycles. The van der Waals surface area contributed by atoms with Crippen LogP contribution in [0.2, 0.25) is 5.02 Å². The van der Waals surface area contributed by atoms with Crippen LogP contribution in [-0.2, 0) is 14.8 Å². The minimum atomic E-state index is -5.16. The van der Waals surface area contributed by atoms with Gasteiger partial charge in [-0.15, -0.1) is 0 Å². The van der Waals surface area contributed by atoms with Crippen LogP contribution in [0, 0.1) is 0 Å². The summed E-state index contributed by atoms with van der Waals surface area (Å²) in [6, 6.07) is 10.7. The van der Waals surface area contributed by atoms with Crippen LogP contribution in [-0.4, -0.2) is 37.5 Å². The number of aliphatic hydroxyl groups is 1. The quantitative estimate of drug-likeness (QED) is 0.593. The van der Waals surface area contributed by atoms with Gasteiger partial charge in [0.1, 0.15) is 0 Å². The summed E-state index contributed by atoms with van der Waals surface area (Å²) in [5.74, 6) is -1.67. The van der Waals surface area contributed by atoms with Gasteiger partial charge in [0, 0.05) is 9.79 Å². The molecule has 1 unspecified atom stereocenters. The summed E-state index contributed by atoms with van der Waals surface area (Å²) < 4.78 is 63.6. The van der Waals surface area contributed by atoms with E-state index >= 15 is 0 Å². The van der Waals surface area contributed by atoms with Crippen LogP contribution < -0.4 is 10.0 Å². The Hall–Kier alpha value is -1.95. The molecule has 2 aromatic carbocycles. The number of alkyl halides is 3. The van der Waals surface area contributed by atoms with Crippen molar-refractivity contribution < 1.29 is 31.5 Å². The van der Waals surface area contributed by atoms with E-state index in [2.05, 4.69) is 4.72 Å². The summed E-state index contributed by atoms with van der Waals surface area (Å²) in [7, 11) is -3.50. The first-order chi connectivity index (χ1) is 13.2. The van der Waals surface area contributed by atoms with Crippen LogP contribution in [0.15, 0.2) is 52.3 Å². The number of para-hydroxylation sites is 1. The molecule has 158 valence electrons. The fraction of sp³-hybridized carbons (Fsp3) is 0.235. The van der Waals surface area contributed by atoms with E-state index < -0.39 is 27.7 Å². The maximum Gasteiger partial charge on any atom is 0.426 e. The number of carbonyl (C=O) groups is 1. The monoisotopic (exact) mass is 468 g/mol. The summed E-state index contributed by atoms with van der Waals surface area (Å²) >= 11 is 7.20. The molecule has 0 saturated heterocycles. The van der Waals surface area contributed by atoms with Crippen molar-refractivity contribution in [2.75, 3.05) is 16.3 Å². The van der Waals surface area contributed by atoms with E-state index in [1.807, 2.05) is 5.32 Å². The largest absolute Gasteiger partial charge is 0.426 e. The van der Waals surface area contributed by atoms with E-state index in [9.17, 15) is 31.5 Å². The molecule has 29 heavy (non-hydrogen) atoms. The van der Waals surface area contributed by atoms with Crippen molar-refractivity contribution in [2.45, 2.75) is 28.5 Å². The molecule has 0 aromatic heterocycles. The van der Waals surface area contributed by atoms with Gasteiger partial charge in [0.15, 0.2) is 0 Å². The van der Waals surface area contributed by atoms with Gasteiger partial charge >= 0.3 is 6.18 Å². The van der Waals surface area contributed by atoms with Crippen LogP contribution >= 0.6 is 23.4 Å². The zero-order valence-corrected chi connectivity index (χ0v) is 17.4. The molecule has 6 nitrogen and oxygen atoms in total. The third-order valence-electron chi connectivity index (χ3n) is 3.59. The van der Waals surface area contributed by atoms with E-state index in [4.69, 9.17) is 11.6 Å². The maximum atomic E-state index is 12.8. The number of rotatable bonds is 6. The Labute approximate surface area is 174 Å². The number of hydrogen-bond acceptors (Lipinski definition) is 5. The molecule has 0 aliphatic heterocycles. The van der Waals surface area contributed by atoms with Gasteiger partial charge in [-0.3, -0.25) is 9.52 Å². The minimum Gasteiger partial charge on any atom is -0.373 e. The van der Waals surface area contributed by atoms with Gasteiger partial charge in [-0.25, -0.2) is 8.42 Å². The van der Waals surface area contributed by atoms with E-state index in [1.54, 1.807) is 24.3 Å². The molecule has 3 N–H and O–H groups in total. The summed E-state index contributed by atoms with van der Waals surface area (Å²) in [5, 5.41) is 11.3. The maximum absolute atomic E-state index is 12.8. The Bertz CT molecular complexity index is 1030. The van der Waals surface area contributed by atoms with Gasteiger partial charge in [0.05, 0.1) is 22.7 Å². The summed E-state index contributed by atoms with van der Waals surface area (Å²) in [4.78, 5) is 12.9. The second-order valence-corrected chi connectivity index (χ2v) is 9.41. The van der Waals surface area contributed by atoms with Gasteiger partial charge in [-0.2, -0.15) is 13.2 Å². The lowest BCUT2D eigenvalue weighted by Crippen LogP contribution is -2.52. The van der Waals surface area contributed by atoms with E-state index in [0.717, 1.165) is 18.0 Å². The number of carbonyl (C=O) groups excluding carboxylic acids is 1. The van der Waals surface area contributed by atoms with Crippen LogP contribution in [0.25, 0.3) is 0 Å². The first-order valence-corrected chi connectivity index (χ1v) is 10.9. The average molecular weight is 469 g/mol. The Balaban J connectivity index is 2.22. The summed E-state index contributed by atoms with van der Waals surface area (Å²) in [6.45, 7) is 0.339. The zero-order valence-electron chi connectivity index (χ0n) is 15.0. The lowest BCUT2D eigenvalue weighted by molar-refractivity contribution is -0.242. The number of amides is 1. The number of nitrogens with one attached hydrogen (secondary N) is 2. The minimum absolute atomic E-state index is 0.0603. The Morgan fingerprint density at radius 3 is 2.31 bits per heavy atom. The van der Waals surface area contributed by atoms with Crippen LogP contribution in [0.1, 0.15) is 6.92 Å². The third kappa shape index (κ3) is 6.01. The number of anilines is 2. The van der Waals surface area contributed by atoms with E-state index in [0.29, 0.717) is 22.4 Å². The van der Waals surface area contributed by atoms with E-state index in [1.165, 1.54) is 18.2 Å². The van der Waals surface area contributed by atoms with E-state index in [-0.39, 0.29) is 10.7 Å². The molecule has 1 amide bonds. The van der Waals surface area contributed by atoms with Gasteiger partial charge in [0.2, 0.25) is 15.6 Å². The van der Waals surface area contributed by atoms with Gasteiger partial charge in [-0.05, 0) is 37.3 Å². The van der Waals surface area contributed by atoms with Crippen molar-refractivity contribution >= 4 is 50.7 Å². The van der Waals surface area contributed by atoms with Gasteiger partial charge in [0.25, 0.3) is 5.91 Å². The normalized spacial score (nSPS) is 14.2. The van der Waals surface area contributed by atoms with Gasteiger partial charge < -0.3 is 10.4 Å². The molecule has 1 atom stereocenters. The molecule has 0 aliphatic rings. The van der Waals surface area contributed by atoms with Crippen molar-refractivity contribution in [3.8, 4) is 0 Å². The fourth-order valence-electron chi connectivity index (χ4n) is 2.00. The third-order valence-corrected chi connectivity index (χ3v) is 5.56. The number of sulfonamides is 1. The van der Waals surface area contributed by atoms with Crippen molar-refractivity contribution in [3.05, 3.63) is 47.5 Å². The molecule has 0 bridgehead atoms. The highest BCUT2D eigenvalue weighted by molar-refractivity contribution is 7.99. The molecular weight excluding hydrogens is 453 g/mol. The number of halogens is 4. The predicted octanol–water partition coefficient (Wildman–Crippen LogP) is 4.11. The van der Waals surface area contributed by atoms with Crippen molar-refractivity contribution in [1.82, 2.24) is 0 Å². The molecule has 0 radical (unpaired) electrons. The standard InChI is InChI=1S/C17H16ClF3N2O4S2/c1-16(25,17(19,20)21)15(24)22-12-8-7-10(9-11(12)18)28-14-6-4-3-5-13(14)23-29(2,26)27/h3-9,23,25H,1-2H3,(H,22,24). The summed E-state index contributed by atoms with van der Waals surface area (Å²) in [5.41, 5.74) is -3.36. The average Bonchev–Trinajstić information content (AvgIpc) is 2.56. The SMILES string of the molecule is CC(O)(C(=O)Nc1ccc(Sc2ccccc2NS(C)(=O)=O)cc1Cl)C(F)(F)F. The molecule has 0 aliphatic carbocycles. The van der Waals surface area contributed by atoms with Crippen molar-refractivity contribution in [1.29, 1.82) is 0 Å². The molecule has 2 rings (SSSR count). The zero-order chi connectivity index (χ0) is 22.0. The Morgan fingerprint density at radius 2 is 1.76 bits per heavy atom. The molecule has 0 spiro atoms. The first kappa shape index (κ1) is 23.3. The molecule has 12 heteroatoms. The predicted molar refractivity (Wildman–Crippen MR) is 106 cm³/mol. The molecule has 0 fully saturated rings. The number of hydrogen-bond donors (Lipinski definition) is 3. The number of benzene rings is 2. The smallest absolute Gasteiger partial charge is 0.373 e. The molecule has 2 aromatic rings. The lowest BCUT2D eigenvalue weighted by Gasteiger charge is -2.25. The van der Waals surface area contributed by atoms with Crippen LogP contribution in [0.5, 0.6) is 0 Å². The van der Waals surface area contributed by atoms with Crippen molar-refractivity contribution in [2.24, 2.45) is 0 Å². The highest BCUT2D eigenvalue weighted by atomic mass is 35.5. The highest BCUT2D eigenvalue weighted by Crippen LogP contribution is 2.37. The Kier molecular flexibility index (Phi) is 6.78. The van der Waals surface area contributed by atoms with Crippen LogP contribution in [0.4, 0.5) is 24.5 Å². The molecule has 0 heterocycles. The Morgan fingerprint density at radius 1 is 1.14 bits per heavy atom. The topological polar surface area (TPSA) is 95.5 Å². The van der Waals surface area contributed by atoms with Crippen LogP contribution in [0.3, 0.4) is 0 Å². The fourth-order valence-corrected chi connectivity index (χ4v) is 3.88. The van der Waals surface area contributed by atoms with Gasteiger partial charge in [-0.1, -0.05) is 35.5 Å². The highest BCUT2D eigenvalue weighted by Gasteiger charge is 2.55.